The van der Waals surface area contributed by atoms with Crippen molar-refractivity contribution in [3.8, 4) is 12.1 Å². The molecule has 7 rings (SSSR count). The minimum absolute atomic E-state index is 0.0955. The summed E-state index contributed by atoms with van der Waals surface area (Å²) in [5.74, 6) is -0.934. The molecule has 1 aromatic heterocycles. The second-order valence-electron chi connectivity index (χ2n) is 13.3. The smallest absolute Gasteiger partial charge is 0.318 e. The number of carbonyl (C=O) groups excluding carboxylic acids is 1. The number of amides is 1. The molecule has 2 atom stereocenters. The van der Waals surface area contributed by atoms with E-state index in [-0.39, 0.29) is 18.5 Å². The Labute approximate surface area is 270 Å². The summed E-state index contributed by atoms with van der Waals surface area (Å²) in [7, 11) is 2.13. The highest BCUT2D eigenvalue weighted by atomic mass is 19.1. The van der Waals surface area contributed by atoms with E-state index >= 15 is 0 Å². The Morgan fingerprint density at radius 3 is 2.61 bits per heavy atom. The van der Waals surface area contributed by atoms with Crippen molar-refractivity contribution >= 4 is 28.2 Å². The van der Waals surface area contributed by atoms with Crippen molar-refractivity contribution in [2.75, 3.05) is 56.2 Å². The molecule has 4 aliphatic rings. The van der Waals surface area contributed by atoms with Gasteiger partial charge in [0.2, 0.25) is 0 Å². The van der Waals surface area contributed by atoms with Crippen molar-refractivity contribution in [3.05, 3.63) is 65.6 Å². The maximum Gasteiger partial charge on any atom is 0.318 e. The number of benzene rings is 2. The van der Waals surface area contributed by atoms with Gasteiger partial charge in [0.05, 0.1) is 29.8 Å². The van der Waals surface area contributed by atoms with E-state index in [1.54, 1.807) is 0 Å². The average Bonchev–Trinajstić information content (AvgIpc) is 3.45. The topological polar surface area (TPSA) is 88.8 Å². The van der Waals surface area contributed by atoms with Crippen LogP contribution in [0.25, 0.3) is 10.8 Å². The molecule has 0 radical (unpaired) electrons. The van der Waals surface area contributed by atoms with Crippen LogP contribution in [0.5, 0.6) is 6.01 Å². The zero-order valence-electron chi connectivity index (χ0n) is 26.8. The molecule has 0 unspecified atom stereocenters. The summed E-state index contributed by atoms with van der Waals surface area (Å²) >= 11 is 0. The molecule has 1 spiro atoms. The van der Waals surface area contributed by atoms with Crippen LogP contribution in [0.2, 0.25) is 0 Å². The highest BCUT2D eigenvalue weighted by Gasteiger charge is 2.51. The van der Waals surface area contributed by atoms with Gasteiger partial charge in [0.1, 0.15) is 12.4 Å². The number of aryl methyl sites for hydroxylation is 1. The van der Waals surface area contributed by atoms with Crippen molar-refractivity contribution in [3.63, 3.8) is 0 Å². The number of likely N-dealkylation sites (tertiary alicyclic amines) is 1. The highest BCUT2D eigenvalue weighted by Crippen LogP contribution is 2.53. The van der Waals surface area contributed by atoms with Gasteiger partial charge in [-0.05, 0) is 76.1 Å². The predicted molar refractivity (Wildman–Crippen MR) is 177 cm³/mol. The van der Waals surface area contributed by atoms with Crippen molar-refractivity contribution in [1.29, 1.82) is 5.26 Å². The van der Waals surface area contributed by atoms with E-state index in [0.29, 0.717) is 31.7 Å². The molecule has 3 aromatic rings. The molecule has 1 amide bonds. The van der Waals surface area contributed by atoms with Gasteiger partial charge in [0.25, 0.3) is 5.91 Å². The van der Waals surface area contributed by atoms with Crippen LogP contribution in [0.1, 0.15) is 55.3 Å². The van der Waals surface area contributed by atoms with Crippen LogP contribution in [-0.2, 0) is 16.8 Å². The number of fused-ring (bicyclic) bond motifs is 3. The number of piperazine rings is 1. The van der Waals surface area contributed by atoms with Gasteiger partial charge in [-0.2, -0.15) is 15.2 Å². The molecule has 240 valence electrons. The lowest BCUT2D eigenvalue weighted by Gasteiger charge is -2.55. The highest BCUT2D eigenvalue weighted by molar-refractivity contribution is 5.97. The second-order valence-corrected chi connectivity index (χ2v) is 13.3. The molecule has 3 aliphatic heterocycles. The maximum absolute atomic E-state index is 13.9. The Bertz CT molecular complexity index is 1710. The van der Waals surface area contributed by atoms with E-state index in [1.807, 2.05) is 0 Å². The van der Waals surface area contributed by atoms with Gasteiger partial charge in [0.15, 0.2) is 5.83 Å². The van der Waals surface area contributed by atoms with E-state index in [4.69, 9.17) is 14.7 Å². The van der Waals surface area contributed by atoms with Gasteiger partial charge >= 0.3 is 6.01 Å². The molecule has 0 N–H and O–H groups in total. The number of nitriles is 1. The minimum atomic E-state index is -1.00. The fraction of sp³-hybridized carbons (Fsp3) is 0.500. The largest absolute Gasteiger partial charge is 0.462 e. The molecular weight excluding hydrogens is 581 g/mol. The zero-order valence-corrected chi connectivity index (χ0v) is 26.8. The van der Waals surface area contributed by atoms with E-state index < -0.39 is 17.8 Å². The summed E-state index contributed by atoms with van der Waals surface area (Å²) in [6.07, 6.45) is 6.17. The van der Waals surface area contributed by atoms with Crippen LogP contribution < -0.4 is 14.5 Å². The molecule has 1 aliphatic carbocycles. The van der Waals surface area contributed by atoms with Gasteiger partial charge in [-0.3, -0.25) is 4.79 Å². The maximum atomic E-state index is 13.9. The summed E-state index contributed by atoms with van der Waals surface area (Å²) in [6, 6.07) is 15.5. The average molecular weight is 624 g/mol. The van der Waals surface area contributed by atoms with Gasteiger partial charge in [0, 0.05) is 48.9 Å². The first-order chi connectivity index (χ1) is 22.3. The third kappa shape index (κ3) is 5.15. The third-order valence-electron chi connectivity index (χ3n) is 10.7. The number of rotatable bonds is 7. The summed E-state index contributed by atoms with van der Waals surface area (Å²) in [5.41, 5.74) is 4.36. The summed E-state index contributed by atoms with van der Waals surface area (Å²) in [5, 5.41) is 12.1. The fourth-order valence-electron chi connectivity index (χ4n) is 8.17. The molecule has 46 heavy (non-hydrogen) atoms. The number of hydrogen-bond acceptors (Lipinski definition) is 8. The van der Waals surface area contributed by atoms with E-state index in [2.05, 4.69) is 77.7 Å². The Kier molecular flexibility index (Phi) is 8.05. The summed E-state index contributed by atoms with van der Waals surface area (Å²) in [6.45, 7) is 8.93. The van der Waals surface area contributed by atoms with Crippen molar-refractivity contribution in [2.45, 2.75) is 69.5 Å². The van der Waals surface area contributed by atoms with Crippen LogP contribution in [0.15, 0.2) is 48.8 Å². The first-order valence-electron chi connectivity index (χ1n) is 16.6. The van der Waals surface area contributed by atoms with Crippen LogP contribution in [0.3, 0.4) is 0 Å². The van der Waals surface area contributed by atoms with Crippen molar-refractivity contribution in [2.24, 2.45) is 0 Å². The van der Waals surface area contributed by atoms with Crippen molar-refractivity contribution < 1.29 is 13.9 Å². The lowest BCUT2D eigenvalue weighted by atomic mass is 9.68. The number of halogens is 1. The number of carbonyl (C=O) groups is 1. The number of likely N-dealkylation sites (N-methyl/N-ethyl adjacent to an activating group) is 1. The quantitative estimate of drug-likeness (QED) is 0.329. The van der Waals surface area contributed by atoms with E-state index in [1.165, 1.54) is 26.9 Å². The van der Waals surface area contributed by atoms with E-state index in [0.717, 1.165) is 68.7 Å². The lowest BCUT2D eigenvalue weighted by Crippen LogP contribution is -2.58. The normalized spacial score (nSPS) is 22.4. The Balaban J connectivity index is 1.30. The molecule has 4 heterocycles. The first-order valence-corrected chi connectivity index (χ1v) is 16.6. The number of aromatic nitrogens is 2. The standard InChI is InChI=1S/C36H42FN7O2/c1-24-8-4-9-26-10-5-12-30(31(24)26)44-19-14-29-32(36(44)15-7-16-36)39-35(46-23-28-11-6-18-41(28)3)40-33(29)42-20-21-43(34(45)25(2)37)27(22-42)13-17-38/h4-5,8-10,12,27-28H,2,6-7,11,13-16,18-23H2,1,3H3/t27-,28-/m0/s1. The Morgan fingerprint density at radius 1 is 1.11 bits per heavy atom. The fourth-order valence-corrected chi connectivity index (χ4v) is 8.17. The molecule has 1 saturated carbocycles. The molecule has 2 saturated heterocycles. The number of hydrogen-bond donors (Lipinski definition) is 0. The molecule has 10 heteroatoms. The molecule has 0 bridgehead atoms. The SMILES string of the molecule is C=C(F)C(=O)N1CCN(c2nc(OC[C@@H]3CCCN3C)nc3c2CCN(c2cccc4cccc(C)c24)C32CCC2)C[C@@H]1CC#N. The Morgan fingerprint density at radius 2 is 1.91 bits per heavy atom. The van der Waals surface area contributed by atoms with Crippen LogP contribution in [0, 0.1) is 18.3 Å². The molecule has 2 aromatic carbocycles. The summed E-state index contributed by atoms with van der Waals surface area (Å²) in [4.78, 5) is 31.4. The zero-order chi connectivity index (χ0) is 32.0. The van der Waals surface area contributed by atoms with Gasteiger partial charge in [-0.1, -0.05) is 36.9 Å². The number of ether oxygens (including phenoxy) is 1. The molecule has 9 nitrogen and oxygen atoms in total. The van der Waals surface area contributed by atoms with E-state index in [9.17, 15) is 14.4 Å². The molecule has 3 fully saturated rings. The van der Waals surface area contributed by atoms with Gasteiger partial charge < -0.3 is 24.3 Å². The minimum Gasteiger partial charge on any atom is -0.462 e. The second kappa shape index (κ2) is 12.2. The molecular formula is C36H42FN7O2. The summed E-state index contributed by atoms with van der Waals surface area (Å²) < 4.78 is 20.4. The van der Waals surface area contributed by atoms with Crippen LogP contribution >= 0.6 is 0 Å². The monoisotopic (exact) mass is 623 g/mol. The van der Waals surface area contributed by atoms with Crippen LogP contribution in [0.4, 0.5) is 15.9 Å². The van der Waals surface area contributed by atoms with Crippen molar-refractivity contribution in [1.82, 2.24) is 19.8 Å². The number of anilines is 2. The lowest BCUT2D eigenvalue weighted by molar-refractivity contribution is -0.131. The predicted octanol–water partition coefficient (Wildman–Crippen LogP) is 5.27. The van der Waals surface area contributed by atoms with Gasteiger partial charge in [-0.25, -0.2) is 4.39 Å². The van der Waals surface area contributed by atoms with Crippen LogP contribution in [-0.4, -0.2) is 84.1 Å². The third-order valence-corrected chi connectivity index (χ3v) is 10.7. The Hall–Kier alpha value is -4.23. The number of nitrogens with zero attached hydrogens (tertiary/aromatic N) is 7. The first kappa shape index (κ1) is 30.4. The van der Waals surface area contributed by atoms with Gasteiger partial charge in [-0.15, -0.1) is 0 Å².